The molecule has 0 amide bonds. The Bertz CT molecular complexity index is 684. The van der Waals surface area contributed by atoms with Crippen LogP contribution in [0.2, 0.25) is 5.02 Å². The first-order chi connectivity index (χ1) is 10.4. The van der Waals surface area contributed by atoms with Gasteiger partial charge in [0.15, 0.2) is 0 Å². The van der Waals surface area contributed by atoms with Gasteiger partial charge in [-0.25, -0.2) is 0 Å². The highest BCUT2D eigenvalue weighted by Gasteiger charge is 2.26. The van der Waals surface area contributed by atoms with Gasteiger partial charge in [-0.1, -0.05) is 30.7 Å². The second kappa shape index (κ2) is 7.28. The van der Waals surface area contributed by atoms with E-state index in [-0.39, 0.29) is 0 Å². The van der Waals surface area contributed by atoms with Crippen molar-refractivity contribution in [3.63, 3.8) is 0 Å². The summed E-state index contributed by atoms with van der Waals surface area (Å²) in [5, 5.41) is 0.629. The van der Waals surface area contributed by atoms with Gasteiger partial charge in [-0.2, -0.15) is 17.0 Å². The lowest BCUT2D eigenvalue weighted by Gasteiger charge is -2.26. The molecule has 0 atom stereocenters. The quantitative estimate of drug-likeness (QED) is 0.776. The Kier molecular flexibility index (Phi) is 5.63. The fourth-order valence-electron chi connectivity index (χ4n) is 2.07. The van der Waals surface area contributed by atoms with Crippen LogP contribution in [0.4, 0.5) is 0 Å². The van der Waals surface area contributed by atoms with Crippen LogP contribution in [0.25, 0.3) is 0 Å². The van der Waals surface area contributed by atoms with Crippen LogP contribution in [0.1, 0.15) is 18.1 Å². The van der Waals surface area contributed by atoms with Gasteiger partial charge in [0.1, 0.15) is 0 Å². The zero-order valence-electron chi connectivity index (χ0n) is 12.6. The van der Waals surface area contributed by atoms with Gasteiger partial charge in [0.05, 0.1) is 12.5 Å². The first kappa shape index (κ1) is 17.0. The first-order valence-electron chi connectivity index (χ1n) is 6.90. The molecule has 0 spiro atoms. The molecule has 1 aromatic heterocycles. The van der Waals surface area contributed by atoms with Crippen LogP contribution in [0.15, 0.2) is 47.3 Å². The largest absolute Gasteiger partial charge is 0.472 e. The maximum absolute atomic E-state index is 12.7. The van der Waals surface area contributed by atoms with E-state index in [9.17, 15) is 8.42 Å². The van der Waals surface area contributed by atoms with Crippen molar-refractivity contribution in [3.8, 4) is 0 Å². The van der Waals surface area contributed by atoms with E-state index in [0.717, 1.165) is 11.1 Å². The Balaban J connectivity index is 2.10. The second-order valence-corrected chi connectivity index (χ2v) is 7.42. The molecule has 0 unspecified atom stereocenters. The second-order valence-electron chi connectivity index (χ2n) is 4.95. The molecule has 2 aromatic rings. The summed E-state index contributed by atoms with van der Waals surface area (Å²) in [5.74, 6) is 0. The smallest absolute Gasteiger partial charge is 0.282 e. The van der Waals surface area contributed by atoms with Crippen molar-refractivity contribution >= 4 is 21.8 Å². The third-order valence-corrected chi connectivity index (χ3v) is 5.54. The topological polar surface area (TPSA) is 53.8 Å². The lowest BCUT2D eigenvalue weighted by atomic mass is 10.2. The molecule has 1 aromatic carbocycles. The number of halogens is 1. The molecule has 22 heavy (non-hydrogen) atoms. The molecule has 0 saturated carbocycles. The molecule has 0 aliphatic carbocycles. The van der Waals surface area contributed by atoms with E-state index in [0.29, 0.717) is 24.7 Å². The maximum Gasteiger partial charge on any atom is 0.282 e. The van der Waals surface area contributed by atoms with E-state index in [1.165, 1.54) is 14.9 Å². The van der Waals surface area contributed by atoms with Crippen LogP contribution < -0.4 is 0 Å². The average molecular weight is 343 g/mol. The molecule has 7 heteroatoms. The van der Waals surface area contributed by atoms with Gasteiger partial charge in [0.2, 0.25) is 0 Å². The van der Waals surface area contributed by atoms with Crippen LogP contribution in [-0.4, -0.2) is 30.6 Å². The Morgan fingerprint density at radius 3 is 2.32 bits per heavy atom. The molecular formula is C15H19ClN2O3S. The van der Waals surface area contributed by atoms with Gasteiger partial charge in [-0.05, 0) is 23.8 Å². The van der Waals surface area contributed by atoms with Crippen molar-refractivity contribution < 1.29 is 12.8 Å². The zero-order valence-corrected chi connectivity index (χ0v) is 14.1. The SMILES string of the molecule is CCN(Cc1ccoc1)S(=O)(=O)N(C)Cc1ccc(Cl)cc1. The van der Waals surface area contributed by atoms with Gasteiger partial charge >= 0.3 is 0 Å². The summed E-state index contributed by atoms with van der Waals surface area (Å²) < 4.78 is 33.0. The normalized spacial score (nSPS) is 12.2. The molecule has 0 saturated heterocycles. The van der Waals surface area contributed by atoms with Crippen molar-refractivity contribution in [2.75, 3.05) is 13.6 Å². The molecule has 5 nitrogen and oxygen atoms in total. The Labute approximate surface area is 136 Å². The third-order valence-electron chi connectivity index (χ3n) is 3.33. The molecule has 0 aliphatic rings. The van der Waals surface area contributed by atoms with Crippen LogP contribution in [0, 0.1) is 0 Å². The standard InChI is InChI=1S/C15H19ClN2O3S/c1-3-18(11-14-8-9-21-12-14)22(19,20)17(2)10-13-4-6-15(16)7-5-13/h4-9,12H,3,10-11H2,1-2H3. The van der Waals surface area contributed by atoms with Crippen molar-refractivity contribution in [2.45, 2.75) is 20.0 Å². The Hall–Kier alpha value is -1.34. The highest BCUT2D eigenvalue weighted by atomic mass is 35.5. The zero-order chi connectivity index (χ0) is 16.2. The monoisotopic (exact) mass is 342 g/mol. The molecule has 0 radical (unpaired) electrons. The highest BCUT2D eigenvalue weighted by Crippen LogP contribution is 2.16. The minimum absolute atomic E-state index is 0.292. The number of rotatable bonds is 7. The van der Waals surface area contributed by atoms with E-state index >= 15 is 0 Å². The molecule has 120 valence electrons. The molecule has 0 aliphatic heterocycles. The van der Waals surface area contributed by atoms with Gasteiger partial charge in [-0.15, -0.1) is 0 Å². The highest BCUT2D eigenvalue weighted by molar-refractivity contribution is 7.86. The van der Waals surface area contributed by atoms with Crippen LogP contribution in [0.5, 0.6) is 0 Å². The van der Waals surface area contributed by atoms with E-state index in [4.69, 9.17) is 16.0 Å². The summed E-state index contributed by atoms with van der Waals surface area (Å²) in [6, 6.07) is 8.90. The minimum Gasteiger partial charge on any atom is -0.472 e. The van der Waals surface area contributed by atoms with E-state index in [2.05, 4.69) is 0 Å². The summed E-state index contributed by atoms with van der Waals surface area (Å²) >= 11 is 5.84. The number of hydrogen-bond acceptors (Lipinski definition) is 3. The van der Waals surface area contributed by atoms with Crippen LogP contribution in [-0.2, 0) is 23.3 Å². The van der Waals surface area contributed by atoms with Crippen molar-refractivity contribution in [3.05, 3.63) is 59.0 Å². The van der Waals surface area contributed by atoms with Gasteiger partial charge in [-0.3, -0.25) is 0 Å². The van der Waals surface area contributed by atoms with E-state index < -0.39 is 10.2 Å². The summed E-state index contributed by atoms with van der Waals surface area (Å²) in [6.45, 7) is 2.79. The number of nitrogens with zero attached hydrogens (tertiary/aromatic N) is 2. The summed E-state index contributed by atoms with van der Waals surface area (Å²) in [4.78, 5) is 0. The van der Waals surface area contributed by atoms with Crippen molar-refractivity contribution in [1.82, 2.24) is 8.61 Å². The van der Waals surface area contributed by atoms with Crippen LogP contribution >= 0.6 is 11.6 Å². The molecule has 0 N–H and O–H groups in total. The van der Waals surface area contributed by atoms with Gasteiger partial charge < -0.3 is 4.42 Å². The van der Waals surface area contributed by atoms with E-state index in [1.54, 1.807) is 31.5 Å². The van der Waals surface area contributed by atoms with Gasteiger partial charge in [0, 0.05) is 37.3 Å². The molecule has 2 rings (SSSR count). The summed E-state index contributed by atoms with van der Waals surface area (Å²) in [6.07, 6.45) is 3.09. The van der Waals surface area contributed by atoms with Crippen LogP contribution in [0.3, 0.4) is 0 Å². The first-order valence-corrected chi connectivity index (χ1v) is 8.68. The van der Waals surface area contributed by atoms with Crippen molar-refractivity contribution in [2.24, 2.45) is 0 Å². The molecule has 1 heterocycles. The third kappa shape index (κ3) is 4.10. The average Bonchev–Trinajstić information content (AvgIpc) is 3.00. The maximum atomic E-state index is 12.7. The summed E-state index contributed by atoms with van der Waals surface area (Å²) in [5.41, 5.74) is 1.71. The lowest BCUT2D eigenvalue weighted by molar-refractivity contribution is 0.360. The predicted octanol–water partition coefficient (Wildman–Crippen LogP) is 3.13. The molecular weight excluding hydrogens is 324 g/mol. The number of furan rings is 1. The van der Waals surface area contributed by atoms with Gasteiger partial charge in [0.25, 0.3) is 10.2 Å². The molecule has 0 bridgehead atoms. The number of hydrogen-bond donors (Lipinski definition) is 0. The fourth-order valence-corrected chi connectivity index (χ4v) is 3.54. The predicted molar refractivity (Wildman–Crippen MR) is 86.6 cm³/mol. The Morgan fingerprint density at radius 1 is 1.09 bits per heavy atom. The number of benzene rings is 1. The van der Waals surface area contributed by atoms with E-state index in [1.807, 2.05) is 19.1 Å². The minimum atomic E-state index is -3.54. The lowest BCUT2D eigenvalue weighted by Crippen LogP contribution is -2.41. The Morgan fingerprint density at radius 2 is 1.77 bits per heavy atom. The fraction of sp³-hybridized carbons (Fsp3) is 0.333. The summed E-state index contributed by atoms with van der Waals surface area (Å²) in [7, 11) is -1.97. The molecule has 0 fully saturated rings. The van der Waals surface area contributed by atoms with Crippen molar-refractivity contribution in [1.29, 1.82) is 0 Å².